The fourth-order valence-corrected chi connectivity index (χ4v) is 3.43. The molecular weight excluding hydrogens is 364 g/mol. The summed E-state index contributed by atoms with van der Waals surface area (Å²) in [6.07, 6.45) is 0. The lowest BCUT2D eigenvalue weighted by molar-refractivity contribution is 0.101. The van der Waals surface area contributed by atoms with Gasteiger partial charge in [0.1, 0.15) is 0 Å². The summed E-state index contributed by atoms with van der Waals surface area (Å²) in [5.41, 5.74) is 1.79. The van der Waals surface area contributed by atoms with E-state index in [0.717, 1.165) is 16.9 Å². The molecule has 0 aliphatic rings. The molecule has 0 unspecified atom stereocenters. The molecule has 138 valence electrons. The maximum atomic E-state index is 12.6. The molecular formula is C20H18N2O4S. The second-order valence-corrected chi connectivity index (χ2v) is 6.64. The van der Waals surface area contributed by atoms with Gasteiger partial charge in [0.25, 0.3) is 5.91 Å². The van der Waals surface area contributed by atoms with Gasteiger partial charge in [-0.15, -0.1) is 0 Å². The monoisotopic (exact) mass is 382 g/mol. The molecule has 0 saturated heterocycles. The Morgan fingerprint density at radius 3 is 2.33 bits per heavy atom. The second kappa shape index (κ2) is 8.01. The van der Waals surface area contributed by atoms with Gasteiger partial charge < -0.3 is 9.47 Å². The lowest BCUT2D eigenvalue weighted by Crippen LogP contribution is -2.12. The van der Waals surface area contributed by atoms with Crippen molar-refractivity contribution in [2.24, 2.45) is 0 Å². The number of methoxy groups -OCH3 is 2. The molecule has 2 aromatic carbocycles. The van der Waals surface area contributed by atoms with Gasteiger partial charge >= 0.3 is 0 Å². The summed E-state index contributed by atoms with van der Waals surface area (Å²) in [5, 5.41) is 3.11. The van der Waals surface area contributed by atoms with Crippen LogP contribution < -0.4 is 14.8 Å². The predicted molar refractivity (Wildman–Crippen MR) is 105 cm³/mol. The fraction of sp³-hybridized carbons (Fsp3) is 0.150. The highest BCUT2D eigenvalue weighted by Crippen LogP contribution is 2.32. The van der Waals surface area contributed by atoms with Gasteiger partial charge in [0, 0.05) is 18.1 Å². The lowest BCUT2D eigenvalue weighted by Gasteiger charge is -2.09. The Morgan fingerprint density at radius 2 is 1.70 bits per heavy atom. The van der Waals surface area contributed by atoms with E-state index in [-0.39, 0.29) is 11.7 Å². The SMILES string of the molecule is COc1ccc(C(=O)Nc2nc(-c3ccccc3)c(C(C)=O)s2)cc1OC. The van der Waals surface area contributed by atoms with E-state index in [0.29, 0.717) is 32.8 Å². The number of benzene rings is 2. The number of hydrogen-bond acceptors (Lipinski definition) is 6. The molecule has 1 heterocycles. The number of nitrogens with zero attached hydrogens (tertiary/aromatic N) is 1. The number of amides is 1. The van der Waals surface area contributed by atoms with Crippen LogP contribution in [0.15, 0.2) is 48.5 Å². The van der Waals surface area contributed by atoms with Gasteiger partial charge in [0.2, 0.25) is 0 Å². The zero-order valence-corrected chi connectivity index (χ0v) is 15.9. The second-order valence-electron chi connectivity index (χ2n) is 5.64. The minimum Gasteiger partial charge on any atom is -0.493 e. The molecule has 0 aliphatic heterocycles. The quantitative estimate of drug-likeness (QED) is 0.644. The Balaban J connectivity index is 1.90. The number of hydrogen-bond donors (Lipinski definition) is 1. The first kappa shape index (κ1) is 18.6. The summed E-state index contributed by atoms with van der Waals surface area (Å²) in [6.45, 7) is 1.49. The van der Waals surface area contributed by atoms with Crippen LogP contribution in [0.1, 0.15) is 27.0 Å². The van der Waals surface area contributed by atoms with Crippen molar-refractivity contribution in [3.8, 4) is 22.8 Å². The van der Waals surface area contributed by atoms with Crippen LogP contribution in [-0.2, 0) is 0 Å². The smallest absolute Gasteiger partial charge is 0.257 e. The number of rotatable bonds is 6. The number of nitrogens with one attached hydrogen (secondary N) is 1. The number of anilines is 1. The third kappa shape index (κ3) is 3.98. The van der Waals surface area contributed by atoms with Crippen LogP contribution in [0.2, 0.25) is 0 Å². The summed E-state index contributed by atoms with van der Waals surface area (Å²) in [4.78, 5) is 29.5. The van der Waals surface area contributed by atoms with E-state index in [1.54, 1.807) is 18.2 Å². The van der Waals surface area contributed by atoms with E-state index in [2.05, 4.69) is 10.3 Å². The van der Waals surface area contributed by atoms with E-state index in [9.17, 15) is 9.59 Å². The molecule has 0 bridgehead atoms. The van der Waals surface area contributed by atoms with Crippen LogP contribution in [0.3, 0.4) is 0 Å². The van der Waals surface area contributed by atoms with Gasteiger partial charge in [0.15, 0.2) is 22.4 Å². The molecule has 1 amide bonds. The van der Waals surface area contributed by atoms with Gasteiger partial charge in [0.05, 0.1) is 24.8 Å². The Morgan fingerprint density at radius 1 is 1.00 bits per heavy atom. The number of Topliss-reactive ketones (excluding diaryl/α,β-unsaturated/α-hetero) is 1. The summed E-state index contributed by atoms with van der Waals surface area (Å²) < 4.78 is 10.4. The minimum absolute atomic E-state index is 0.0991. The highest BCUT2D eigenvalue weighted by Gasteiger charge is 2.19. The van der Waals surface area contributed by atoms with Crippen molar-refractivity contribution in [1.29, 1.82) is 0 Å². The van der Waals surface area contributed by atoms with Crippen LogP contribution in [-0.4, -0.2) is 30.9 Å². The molecule has 0 spiro atoms. The molecule has 0 radical (unpaired) electrons. The largest absolute Gasteiger partial charge is 0.493 e. The summed E-state index contributed by atoms with van der Waals surface area (Å²) in [5.74, 6) is 0.546. The predicted octanol–water partition coefficient (Wildman–Crippen LogP) is 4.28. The number of ether oxygens (including phenoxy) is 2. The number of carbonyl (C=O) groups is 2. The van der Waals surface area contributed by atoms with Crippen molar-refractivity contribution in [3.63, 3.8) is 0 Å². The molecule has 0 atom stereocenters. The molecule has 3 rings (SSSR count). The summed E-state index contributed by atoms with van der Waals surface area (Å²) >= 11 is 1.15. The van der Waals surface area contributed by atoms with Crippen molar-refractivity contribution in [3.05, 3.63) is 59.0 Å². The average Bonchev–Trinajstić information content (AvgIpc) is 3.12. The third-order valence-electron chi connectivity index (χ3n) is 3.86. The van der Waals surface area contributed by atoms with Crippen LogP contribution in [0.4, 0.5) is 5.13 Å². The highest BCUT2D eigenvalue weighted by atomic mass is 32.1. The summed E-state index contributed by atoms with van der Waals surface area (Å²) in [7, 11) is 3.03. The van der Waals surface area contributed by atoms with E-state index in [1.807, 2.05) is 30.3 Å². The van der Waals surface area contributed by atoms with Crippen molar-refractivity contribution in [1.82, 2.24) is 4.98 Å². The average molecular weight is 382 g/mol. The maximum absolute atomic E-state index is 12.6. The molecule has 0 saturated carbocycles. The van der Waals surface area contributed by atoms with Crippen molar-refractivity contribution in [2.75, 3.05) is 19.5 Å². The van der Waals surface area contributed by atoms with Gasteiger partial charge in [-0.3, -0.25) is 14.9 Å². The van der Waals surface area contributed by atoms with Crippen molar-refractivity contribution >= 4 is 28.2 Å². The number of ketones is 1. The third-order valence-corrected chi connectivity index (χ3v) is 4.93. The molecule has 0 fully saturated rings. The summed E-state index contributed by atoms with van der Waals surface area (Å²) in [6, 6.07) is 14.3. The lowest BCUT2D eigenvalue weighted by atomic mass is 10.1. The minimum atomic E-state index is -0.348. The maximum Gasteiger partial charge on any atom is 0.257 e. The van der Waals surface area contributed by atoms with Crippen molar-refractivity contribution < 1.29 is 19.1 Å². The first-order chi connectivity index (χ1) is 13.0. The topological polar surface area (TPSA) is 77.5 Å². The van der Waals surface area contributed by atoms with Gasteiger partial charge in [-0.05, 0) is 18.2 Å². The number of aromatic nitrogens is 1. The molecule has 1 N–H and O–H groups in total. The first-order valence-corrected chi connectivity index (χ1v) is 8.95. The van der Waals surface area contributed by atoms with Crippen molar-refractivity contribution in [2.45, 2.75) is 6.92 Å². The van der Waals surface area contributed by atoms with E-state index in [1.165, 1.54) is 21.1 Å². The number of carbonyl (C=O) groups excluding carboxylic acids is 2. The Hall–Kier alpha value is -3.19. The zero-order chi connectivity index (χ0) is 19.4. The molecule has 7 heteroatoms. The van der Waals surface area contributed by atoms with E-state index in [4.69, 9.17) is 9.47 Å². The highest BCUT2D eigenvalue weighted by molar-refractivity contribution is 7.18. The van der Waals surface area contributed by atoms with E-state index < -0.39 is 0 Å². The van der Waals surface area contributed by atoms with Crippen LogP contribution in [0.25, 0.3) is 11.3 Å². The Bertz CT molecular complexity index is 983. The Labute approximate surface area is 160 Å². The van der Waals surface area contributed by atoms with Crippen LogP contribution >= 0.6 is 11.3 Å². The van der Waals surface area contributed by atoms with E-state index >= 15 is 0 Å². The van der Waals surface area contributed by atoms with Gasteiger partial charge in [-0.2, -0.15) is 0 Å². The molecule has 3 aromatic rings. The standard InChI is InChI=1S/C20H18N2O4S/c1-12(23)18-17(13-7-5-4-6-8-13)21-20(27-18)22-19(24)14-9-10-15(25-2)16(11-14)26-3/h4-11H,1-3H3,(H,21,22,24). The zero-order valence-electron chi connectivity index (χ0n) is 15.1. The first-order valence-electron chi connectivity index (χ1n) is 8.14. The van der Waals surface area contributed by atoms with Gasteiger partial charge in [-0.25, -0.2) is 4.98 Å². The van der Waals surface area contributed by atoms with Crippen LogP contribution in [0.5, 0.6) is 11.5 Å². The Kier molecular flexibility index (Phi) is 5.52. The number of thiazole rings is 1. The molecule has 27 heavy (non-hydrogen) atoms. The molecule has 6 nitrogen and oxygen atoms in total. The fourth-order valence-electron chi connectivity index (χ4n) is 2.55. The molecule has 0 aliphatic carbocycles. The van der Waals surface area contributed by atoms with Crippen LogP contribution in [0, 0.1) is 0 Å². The molecule has 1 aromatic heterocycles. The van der Waals surface area contributed by atoms with Gasteiger partial charge in [-0.1, -0.05) is 41.7 Å². The normalized spacial score (nSPS) is 10.3.